The monoisotopic (exact) mass is 263 g/mol. The van der Waals surface area contributed by atoms with Crippen LogP contribution in [0.25, 0.3) is 0 Å². The predicted molar refractivity (Wildman–Crippen MR) is 61.8 cm³/mol. The summed E-state index contributed by atoms with van der Waals surface area (Å²) in [6.45, 7) is 0.835. The summed E-state index contributed by atoms with van der Waals surface area (Å²) in [6.07, 6.45) is -4.35. The number of halogens is 3. The highest BCUT2D eigenvalue weighted by atomic mass is 19.4. The largest absolute Gasteiger partial charge is 0.493 e. The Morgan fingerprint density at radius 2 is 1.94 bits per heavy atom. The van der Waals surface area contributed by atoms with Crippen molar-refractivity contribution in [2.75, 3.05) is 20.3 Å². The Labute approximate surface area is 104 Å². The van der Waals surface area contributed by atoms with Crippen LogP contribution in [0.4, 0.5) is 13.2 Å². The second-order valence-corrected chi connectivity index (χ2v) is 3.94. The van der Waals surface area contributed by atoms with Crippen molar-refractivity contribution in [3.05, 3.63) is 23.8 Å². The Bertz CT molecular complexity index is 393. The molecule has 3 nitrogen and oxygen atoms in total. The van der Waals surface area contributed by atoms with E-state index in [2.05, 4.69) is 0 Å². The van der Waals surface area contributed by atoms with E-state index in [0.717, 1.165) is 5.56 Å². The third-order valence-electron chi connectivity index (χ3n) is 2.51. The quantitative estimate of drug-likeness (QED) is 0.887. The molecule has 0 radical (unpaired) electrons. The minimum absolute atomic E-state index is 0.283. The van der Waals surface area contributed by atoms with Crippen LogP contribution in [0.2, 0.25) is 0 Å². The topological polar surface area (TPSA) is 44.5 Å². The number of methoxy groups -OCH3 is 1. The number of ether oxygens (including phenoxy) is 2. The Hall–Kier alpha value is -1.43. The van der Waals surface area contributed by atoms with Gasteiger partial charge in [0.25, 0.3) is 0 Å². The molecule has 1 unspecified atom stereocenters. The number of hydrogen-bond donors (Lipinski definition) is 1. The fourth-order valence-corrected chi connectivity index (χ4v) is 1.38. The van der Waals surface area contributed by atoms with Gasteiger partial charge in [0, 0.05) is 6.54 Å². The summed E-state index contributed by atoms with van der Waals surface area (Å²) in [5, 5.41) is 0. The second-order valence-electron chi connectivity index (χ2n) is 3.94. The van der Waals surface area contributed by atoms with Crippen molar-refractivity contribution in [2.24, 2.45) is 11.7 Å². The lowest BCUT2D eigenvalue weighted by molar-refractivity contribution is -0.178. The minimum Gasteiger partial charge on any atom is -0.493 e. The van der Waals surface area contributed by atoms with Crippen molar-refractivity contribution >= 4 is 0 Å². The maximum absolute atomic E-state index is 12.5. The molecular weight excluding hydrogens is 247 g/mol. The van der Waals surface area contributed by atoms with E-state index in [-0.39, 0.29) is 5.75 Å². The fourth-order valence-electron chi connectivity index (χ4n) is 1.38. The molecule has 0 aromatic heterocycles. The van der Waals surface area contributed by atoms with E-state index in [0.29, 0.717) is 5.75 Å². The van der Waals surface area contributed by atoms with E-state index in [1.807, 2.05) is 6.92 Å². The average molecular weight is 263 g/mol. The summed E-state index contributed by atoms with van der Waals surface area (Å²) in [7, 11) is 1.44. The molecule has 0 fully saturated rings. The molecule has 0 amide bonds. The molecule has 0 spiro atoms. The molecule has 1 aromatic rings. The molecule has 102 valence electrons. The van der Waals surface area contributed by atoms with Crippen LogP contribution >= 0.6 is 0 Å². The van der Waals surface area contributed by atoms with Crippen molar-refractivity contribution in [3.8, 4) is 11.5 Å². The number of hydrogen-bond acceptors (Lipinski definition) is 3. The molecule has 0 aliphatic rings. The molecule has 0 aliphatic heterocycles. The van der Waals surface area contributed by atoms with Gasteiger partial charge in [-0.1, -0.05) is 6.07 Å². The molecule has 0 aliphatic carbocycles. The van der Waals surface area contributed by atoms with Crippen molar-refractivity contribution < 1.29 is 22.6 Å². The van der Waals surface area contributed by atoms with Gasteiger partial charge in [-0.25, -0.2) is 0 Å². The summed E-state index contributed by atoms with van der Waals surface area (Å²) >= 11 is 0. The van der Waals surface area contributed by atoms with Gasteiger partial charge < -0.3 is 15.2 Å². The number of aryl methyl sites for hydroxylation is 1. The summed E-state index contributed by atoms with van der Waals surface area (Å²) < 4.78 is 47.6. The lowest BCUT2D eigenvalue weighted by atomic mass is 10.1. The molecule has 0 saturated carbocycles. The lowest BCUT2D eigenvalue weighted by Crippen LogP contribution is -2.35. The van der Waals surface area contributed by atoms with Crippen molar-refractivity contribution in [1.82, 2.24) is 0 Å². The molecule has 0 saturated heterocycles. The molecule has 1 rings (SSSR count). The first-order chi connectivity index (χ1) is 8.38. The van der Waals surface area contributed by atoms with Gasteiger partial charge in [-0.05, 0) is 24.6 Å². The van der Waals surface area contributed by atoms with Crippen LogP contribution in [0.1, 0.15) is 5.56 Å². The molecule has 1 atom stereocenters. The normalized spacial score (nSPS) is 13.2. The summed E-state index contributed by atoms with van der Waals surface area (Å²) in [5.41, 5.74) is 6.02. The molecule has 6 heteroatoms. The first-order valence-electron chi connectivity index (χ1n) is 5.42. The van der Waals surface area contributed by atoms with Crippen LogP contribution in [0, 0.1) is 12.8 Å². The smallest absolute Gasteiger partial charge is 0.396 e. The number of benzene rings is 1. The highest BCUT2D eigenvalue weighted by Crippen LogP contribution is 2.30. The molecule has 18 heavy (non-hydrogen) atoms. The fraction of sp³-hybridized carbons (Fsp3) is 0.500. The Balaban J connectivity index is 2.73. The van der Waals surface area contributed by atoms with Gasteiger partial charge in [-0.3, -0.25) is 0 Å². The molecule has 0 heterocycles. The van der Waals surface area contributed by atoms with Crippen LogP contribution in [0.15, 0.2) is 18.2 Å². The zero-order chi connectivity index (χ0) is 13.8. The van der Waals surface area contributed by atoms with E-state index >= 15 is 0 Å². The molecular formula is C12H16F3NO2. The van der Waals surface area contributed by atoms with E-state index in [4.69, 9.17) is 15.2 Å². The van der Waals surface area contributed by atoms with Crippen molar-refractivity contribution in [2.45, 2.75) is 13.1 Å². The van der Waals surface area contributed by atoms with Crippen LogP contribution in [0.3, 0.4) is 0 Å². The van der Waals surface area contributed by atoms with E-state index in [1.165, 1.54) is 7.11 Å². The van der Waals surface area contributed by atoms with Gasteiger partial charge in [0.05, 0.1) is 7.11 Å². The number of alkyl halides is 3. The van der Waals surface area contributed by atoms with Gasteiger partial charge in [-0.2, -0.15) is 13.2 Å². The third kappa shape index (κ3) is 3.80. The standard InChI is InChI=1S/C12H16F3NO2/c1-8-3-4-10(11(5-8)17-2)18-7-9(6-16)12(13,14)15/h3-5,9H,6-7,16H2,1-2H3. The Morgan fingerprint density at radius 3 is 2.44 bits per heavy atom. The van der Waals surface area contributed by atoms with E-state index < -0.39 is 25.2 Å². The molecule has 0 bridgehead atoms. The zero-order valence-corrected chi connectivity index (χ0v) is 10.3. The SMILES string of the molecule is COc1cc(C)ccc1OCC(CN)C(F)(F)F. The minimum atomic E-state index is -4.35. The Kier molecular flexibility index (Phi) is 4.84. The summed E-state index contributed by atoms with van der Waals surface area (Å²) in [6, 6.07) is 5.02. The van der Waals surface area contributed by atoms with Crippen LogP contribution in [-0.2, 0) is 0 Å². The first-order valence-corrected chi connectivity index (χ1v) is 5.42. The number of nitrogens with two attached hydrogens (primary N) is 1. The Morgan fingerprint density at radius 1 is 1.28 bits per heavy atom. The maximum atomic E-state index is 12.5. The highest BCUT2D eigenvalue weighted by molar-refractivity contribution is 5.42. The van der Waals surface area contributed by atoms with Gasteiger partial charge in [-0.15, -0.1) is 0 Å². The predicted octanol–water partition coefficient (Wildman–Crippen LogP) is 2.52. The van der Waals surface area contributed by atoms with Crippen molar-refractivity contribution in [1.29, 1.82) is 0 Å². The summed E-state index contributed by atoms with van der Waals surface area (Å²) in [4.78, 5) is 0. The maximum Gasteiger partial charge on any atom is 0.396 e. The van der Waals surface area contributed by atoms with E-state index in [1.54, 1.807) is 18.2 Å². The van der Waals surface area contributed by atoms with Crippen LogP contribution < -0.4 is 15.2 Å². The first kappa shape index (κ1) is 14.6. The van der Waals surface area contributed by atoms with Gasteiger partial charge >= 0.3 is 6.18 Å². The van der Waals surface area contributed by atoms with Crippen LogP contribution in [0.5, 0.6) is 11.5 Å². The third-order valence-corrected chi connectivity index (χ3v) is 2.51. The average Bonchev–Trinajstić information content (AvgIpc) is 2.29. The van der Waals surface area contributed by atoms with E-state index in [9.17, 15) is 13.2 Å². The van der Waals surface area contributed by atoms with Gasteiger partial charge in [0.2, 0.25) is 0 Å². The molecule has 1 aromatic carbocycles. The molecule has 2 N–H and O–H groups in total. The van der Waals surface area contributed by atoms with Gasteiger partial charge in [0.1, 0.15) is 12.5 Å². The highest BCUT2D eigenvalue weighted by Gasteiger charge is 2.39. The zero-order valence-electron chi connectivity index (χ0n) is 10.3. The number of rotatable bonds is 5. The van der Waals surface area contributed by atoms with Crippen molar-refractivity contribution in [3.63, 3.8) is 0 Å². The summed E-state index contributed by atoms with van der Waals surface area (Å²) in [5.74, 6) is -0.984. The second kappa shape index (κ2) is 5.95. The lowest BCUT2D eigenvalue weighted by Gasteiger charge is -2.19. The van der Waals surface area contributed by atoms with Gasteiger partial charge in [0.15, 0.2) is 11.5 Å². The van der Waals surface area contributed by atoms with Crippen LogP contribution in [-0.4, -0.2) is 26.4 Å².